The zero-order valence-electron chi connectivity index (χ0n) is 7.32. The molecule has 0 saturated carbocycles. The number of rotatable bonds is 2. The van der Waals surface area contributed by atoms with Gasteiger partial charge in [-0.25, -0.2) is 0 Å². The summed E-state index contributed by atoms with van der Waals surface area (Å²) in [5.41, 5.74) is 1.19. The highest BCUT2D eigenvalue weighted by Gasteiger charge is 1.97. The molecule has 2 rings (SSSR count). The fourth-order valence-corrected chi connectivity index (χ4v) is 1.85. The van der Waals surface area contributed by atoms with Gasteiger partial charge < -0.3 is 0 Å². The van der Waals surface area contributed by atoms with E-state index in [0.29, 0.717) is 5.02 Å². The summed E-state index contributed by atoms with van der Waals surface area (Å²) in [5.74, 6) is 0. The summed E-state index contributed by atoms with van der Waals surface area (Å²) in [6, 6.07) is 8.13. The van der Waals surface area contributed by atoms with Crippen LogP contribution in [0.5, 0.6) is 0 Å². The molecule has 0 N–H and O–H groups in total. The smallest absolute Gasteiger partial charge is 0.0785 e. The Morgan fingerprint density at radius 3 is 2.93 bits per heavy atom. The lowest BCUT2D eigenvalue weighted by Crippen LogP contribution is -1.99. The summed E-state index contributed by atoms with van der Waals surface area (Å²) >= 11 is 9.19. The Morgan fingerprint density at radius 1 is 1.43 bits per heavy atom. The molecule has 1 aromatic heterocycles. The molecule has 0 bridgehead atoms. The normalized spacial score (nSPS) is 10.4. The summed E-state index contributed by atoms with van der Waals surface area (Å²) in [6.45, 7) is 0.742. The molecule has 0 unspecified atom stereocenters. The van der Waals surface area contributed by atoms with Crippen LogP contribution >= 0.6 is 27.5 Å². The summed E-state index contributed by atoms with van der Waals surface area (Å²) in [6.07, 6.45) is 3.45. The Balaban J connectivity index is 2.18. The molecule has 0 fully saturated rings. The van der Waals surface area contributed by atoms with Gasteiger partial charge >= 0.3 is 0 Å². The first kappa shape index (κ1) is 9.74. The van der Waals surface area contributed by atoms with Crippen LogP contribution < -0.4 is 0 Å². The van der Waals surface area contributed by atoms with Crippen LogP contribution in [0, 0.1) is 0 Å². The van der Waals surface area contributed by atoms with E-state index in [1.165, 1.54) is 5.56 Å². The van der Waals surface area contributed by atoms with Crippen LogP contribution in [0.4, 0.5) is 0 Å². The van der Waals surface area contributed by atoms with E-state index in [9.17, 15) is 0 Å². The van der Waals surface area contributed by atoms with Gasteiger partial charge in [0.25, 0.3) is 0 Å². The van der Waals surface area contributed by atoms with Crippen molar-refractivity contribution in [3.05, 3.63) is 51.7 Å². The molecular weight excluding hydrogens is 263 g/mol. The molecule has 0 atom stereocenters. The third kappa shape index (κ3) is 2.36. The van der Waals surface area contributed by atoms with Crippen molar-refractivity contribution in [2.24, 2.45) is 0 Å². The molecule has 14 heavy (non-hydrogen) atoms. The summed E-state index contributed by atoms with van der Waals surface area (Å²) < 4.78 is 2.89. The number of hydrogen-bond donors (Lipinski definition) is 0. The van der Waals surface area contributed by atoms with Crippen LogP contribution in [-0.4, -0.2) is 9.78 Å². The molecule has 0 radical (unpaired) electrons. The Morgan fingerprint density at radius 2 is 2.29 bits per heavy atom. The van der Waals surface area contributed by atoms with Crippen LogP contribution in [0.25, 0.3) is 0 Å². The van der Waals surface area contributed by atoms with Gasteiger partial charge in [-0.2, -0.15) is 5.10 Å². The van der Waals surface area contributed by atoms with E-state index in [0.717, 1.165) is 11.0 Å². The van der Waals surface area contributed by atoms with Crippen molar-refractivity contribution in [3.63, 3.8) is 0 Å². The van der Waals surface area contributed by atoms with Gasteiger partial charge in [0.05, 0.1) is 17.8 Å². The SMILES string of the molecule is Clc1cnn(Cc2cccc(Br)c2)c1. The summed E-state index contributed by atoms with van der Waals surface area (Å²) in [4.78, 5) is 0. The predicted octanol–water partition coefficient (Wildman–Crippen LogP) is 3.35. The van der Waals surface area contributed by atoms with Gasteiger partial charge in [0.2, 0.25) is 0 Å². The van der Waals surface area contributed by atoms with Crippen LogP contribution in [0.2, 0.25) is 5.02 Å². The van der Waals surface area contributed by atoms with Gasteiger partial charge in [-0.05, 0) is 17.7 Å². The van der Waals surface area contributed by atoms with Gasteiger partial charge in [0, 0.05) is 10.7 Å². The third-order valence-corrected chi connectivity index (χ3v) is 2.52. The van der Waals surface area contributed by atoms with E-state index < -0.39 is 0 Å². The molecule has 1 aromatic carbocycles. The molecule has 4 heteroatoms. The van der Waals surface area contributed by atoms with E-state index in [1.54, 1.807) is 6.20 Å². The lowest BCUT2D eigenvalue weighted by Gasteiger charge is -2.01. The van der Waals surface area contributed by atoms with E-state index in [-0.39, 0.29) is 0 Å². The van der Waals surface area contributed by atoms with Crippen molar-refractivity contribution in [2.45, 2.75) is 6.54 Å². The highest BCUT2D eigenvalue weighted by atomic mass is 79.9. The zero-order chi connectivity index (χ0) is 9.97. The molecule has 1 heterocycles. The summed E-state index contributed by atoms with van der Waals surface area (Å²) in [5, 5.41) is 4.78. The summed E-state index contributed by atoms with van der Waals surface area (Å²) in [7, 11) is 0. The Hall–Kier alpha value is -0.800. The quantitative estimate of drug-likeness (QED) is 0.819. The van der Waals surface area contributed by atoms with Crippen molar-refractivity contribution in [2.75, 3.05) is 0 Å². The fourth-order valence-electron chi connectivity index (χ4n) is 1.25. The van der Waals surface area contributed by atoms with E-state index in [4.69, 9.17) is 11.6 Å². The van der Waals surface area contributed by atoms with Crippen LogP contribution in [-0.2, 0) is 6.54 Å². The molecule has 72 valence electrons. The average molecular weight is 272 g/mol. The number of halogens is 2. The minimum atomic E-state index is 0.667. The highest BCUT2D eigenvalue weighted by molar-refractivity contribution is 9.10. The van der Waals surface area contributed by atoms with Gasteiger partial charge in [-0.15, -0.1) is 0 Å². The fraction of sp³-hybridized carbons (Fsp3) is 0.100. The first-order chi connectivity index (χ1) is 6.74. The maximum atomic E-state index is 5.77. The second-order valence-electron chi connectivity index (χ2n) is 2.99. The van der Waals surface area contributed by atoms with E-state index in [2.05, 4.69) is 33.2 Å². The van der Waals surface area contributed by atoms with Gasteiger partial charge in [0.15, 0.2) is 0 Å². The standard InChI is InChI=1S/C10H8BrClN2/c11-9-3-1-2-8(4-9)6-14-7-10(12)5-13-14/h1-5,7H,6H2. The topological polar surface area (TPSA) is 17.8 Å². The number of aromatic nitrogens is 2. The molecule has 0 aliphatic rings. The molecule has 2 nitrogen and oxygen atoms in total. The molecule has 0 aliphatic carbocycles. The monoisotopic (exact) mass is 270 g/mol. The number of benzene rings is 1. The molecular formula is C10H8BrClN2. The number of nitrogens with zero attached hydrogens (tertiary/aromatic N) is 2. The first-order valence-electron chi connectivity index (χ1n) is 4.16. The first-order valence-corrected chi connectivity index (χ1v) is 5.33. The van der Waals surface area contributed by atoms with E-state index in [1.807, 2.05) is 23.0 Å². The molecule has 0 aliphatic heterocycles. The van der Waals surface area contributed by atoms with Crippen LogP contribution in [0.3, 0.4) is 0 Å². The average Bonchev–Trinajstić information content (AvgIpc) is 2.51. The molecule has 0 saturated heterocycles. The third-order valence-electron chi connectivity index (χ3n) is 1.84. The molecule has 0 amide bonds. The highest BCUT2D eigenvalue weighted by Crippen LogP contribution is 2.13. The van der Waals surface area contributed by atoms with Crippen molar-refractivity contribution in [1.82, 2.24) is 9.78 Å². The zero-order valence-corrected chi connectivity index (χ0v) is 9.66. The molecule has 0 spiro atoms. The van der Waals surface area contributed by atoms with Crippen molar-refractivity contribution < 1.29 is 0 Å². The Labute approximate surface area is 95.6 Å². The van der Waals surface area contributed by atoms with Gasteiger partial charge in [-0.3, -0.25) is 4.68 Å². The van der Waals surface area contributed by atoms with Crippen LogP contribution in [0.15, 0.2) is 41.1 Å². The lowest BCUT2D eigenvalue weighted by molar-refractivity contribution is 0.686. The largest absolute Gasteiger partial charge is 0.267 e. The van der Waals surface area contributed by atoms with Crippen molar-refractivity contribution in [1.29, 1.82) is 0 Å². The van der Waals surface area contributed by atoms with Crippen LogP contribution in [0.1, 0.15) is 5.56 Å². The minimum Gasteiger partial charge on any atom is -0.267 e. The predicted molar refractivity (Wildman–Crippen MR) is 60.5 cm³/mol. The minimum absolute atomic E-state index is 0.667. The van der Waals surface area contributed by atoms with Crippen molar-refractivity contribution in [3.8, 4) is 0 Å². The second-order valence-corrected chi connectivity index (χ2v) is 4.34. The number of hydrogen-bond acceptors (Lipinski definition) is 1. The Bertz CT molecular complexity index is 439. The molecule has 2 aromatic rings. The van der Waals surface area contributed by atoms with Gasteiger partial charge in [0.1, 0.15) is 0 Å². The lowest BCUT2D eigenvalue weighted by atomic mass is 10.2. The maximum absolute atomic E-state index is 5.77. The van der Waals surface area contributed by atoms with Gasteiger partial charge in [-0.1, -0.05) is 39.7 Å². The maximum Gasteiger partial charge on any atom is 0.0785 e. The Kier molecular flexibility index (Phi) is 2.89. The van der Waals surface area contributed by atoms with Crippen molar-refractivity contribution >= 4 is 27.5 Å². The van der Waals surface area contributed by atoms with E-state index >= 15 is 0 Å². The second kappa shape index (κ2) is 4.15.